The first kappa shape index (κ1) is 20.4. The number of halogens is 1. The molecule has 1 aliphatic heterocycles. The molecule has 26 heavy (non-hydrogen) atoms. The van der Waals surface area contributed by atoms with E-state index in [4.69, 9.17) is 10.5 Å². The van der Waals surface area contributed by atoms with Crippen LogP contribution in [0.2, 0.25) is 0 Å². The molecule has 2 aromatic rings. The highest BCUT2D eigenvalue weighted by molar-refractivity contribution is 5.85. The van der Waals surface area contributed by atoms with Crippen LogP contribution in [0.3, 0.4) is 0 Å². The highest BCUT2D eigenvalue weighted by Gasteiger charge is 2.33. The number of ether oxygens (including phenoxy) is 1. The Morgan fingerprint density at radius 2 is 1.65 bits per heavy atom. The van der Waals surface area contributed by atoms with Gasteiger partial charge in [0.15, 0.2) is 0 Å². The number of hydrogen-bond acceptors (Lipinski definition) is 3. The Bertz CT molecular complexity index is 696. The zero-order valence-electron chi connectivity index (χ0n) is 15.2. The van der Waals surface area contributed by atoms with Crippen LogP contribution in [0.15, 0.2) is 60.7 Å². The molecule has 1 heterocycles. The monoisotopic (exact) mass is 374 g/mol. The summed E-state index contributed by atoms with van der Waals surface area (Å²) < 4.78 is 6.05. The van der Waals surface area contributed by atoms with Crippen molar-refractivity contribution in [2.75, 3.05) is 13.1 Å². The Hall–Kier alpha value is -1.88. The summed E-state index contributed by atoms with van der Waals surface area (Å²) in [6, 6.07) is 19.6. The van der Waals surface area contributed by atoms with Crippen molar-refractivity contribution in [3.8, 4) is 0 Å². The third-order valence-electron chi connectivity index (χ3n) is 4.86. The maximum atomic E-state index is 13.0. The molecular formula is C21H27ClN2O2. The molecule has 0 spiro atoms. The molecule has 0 aliphatic carbocycles. The Kier molecular flexibility index (Phi) is 7.21. The number of benzene rings is 2. The van der Waals surface area contributed by atoms with Crippen LogP contribution in [0, 0.1) is 5.92 Å². The van der Waals surface area contributed by atoms with Gasteiger partial charge in [-0.05, 0) is 18.1 Å². The fourth-order valence-electron chi connectivity index (χ4n) is 3.39. The first-order valence-electron chi connectivity index (χ1n) is 8.86. The molecule has 1 amide bonds. The van der Waals surface area contributed by atoms with E-state index < -0.39 is 0 Å². The van der Waals surface area contributed by atoms with Gasteiger partial charge < -0.3 is 15.4 Å². The summed E-state index contributed by atoms with van der Waals surface area (Å²) in [7, 11) is 0. The lowest BCUT2D eigenvalue weighted by molar-refractivity contribution is -0.149. The molecule has 1 fully saturated rings. The maximum Gasteiger partial charge on any atom is 0.227 e. The van der Waals surface area contributed by atoms with Crippen LogP contribution in [-0.2, 0) is 9.53 Å². The zero-order valence-corrected chi connectivity index (χ0v) is 16.1. The molecule has 140 valence electrons. The maximum absolute atomic E-state index is 13.0. The van der Waals surface area contributed by atoms with Crippen LogP contribution < -0.4 is 5.73 Å². The van der Waals surface area contributed by atoms with E-state index in [1.807, 2.05) is 79.4 Å². The summed E-state index contributed by atoms with van der Waals surface area (Å²) in [5, 5.41) is 0. The predicted molar refractivity (Wildman–Crippen MR) is 106 cm³/mol. The van der Waals surface area contributed by atoms with E-state index in [1.54, 1.807) is 0 Å². The van der Waals surface area contributed by atoms with Crippen molar-refractivity contribution in [1.29, 1.82) is 0 Å². The Morgan fingerprint density at radius 1 is 1.08 bits per heavy atom. The number of carbonyl (C=O) groups excluding carboxylic acids is 1. The van der Waals surface area contributed by atoms with E-state index >= 15 is 0 Å². The standard InChI is InChI=1S/C21H26N2O2.ClH/c1-15-13-23(14-19(25-15)17-9-5-3-6-10-17)21(24)16(2)20(22)18-11-7-4-8-12-18;/h3-12,15-16,19-20H,13-14,22H2,1-2H3;1H. The molecular weight excluding hydrogens is 348 g/mol. The van der Waals surface area contributed by atoms with Crippen molar-refractivity contribution in [3.05, 3.63) is 71.8 Å². The third kappa shape index (κ3) is 4.64. The van der Waals surface area contributed by atoms with Crippen LogP contribution in [-0.4, -0.2) is 30.0 Å². The van der Waals surface area contributed by atoms with Gasteiger partial charge in [0.1, 0.15) is 6.10 Å². The number of hydrogen-bond donors (Lipinski definition) is 1. The van der Waals surface area contributed by atoms with Crippen molar-refractivity contribution in [3.63, 3.8) is 0 Å². The summed E-state index contributed by atoms with van der Waals surface area (Å²) in [4.78, 5) is 14.9. The molecule has 5 heteroatoms. The number of nitrogens with zero attached hydrogens (tertiary/aromatic N) is 1. The van der Waals surface area contributed by atoms with Crippen molar-refractivity contribution in [1.82, 2.24) is 4.90 Å². The van der Waals surface area contributed by atoms with Crippen LogP contribution >= 0.6 is 12.4 Å². The third-order valence-corrected chi connectivity index (χ3v) is 4.86. The van der Waals surface area contributed by atoms with E-state index in [1.165, 1.54) is 0 Å². The fourth-order valence-corrected chi connectivity index (χ4v) is 3.39. The smallest absolute Gasteiger partial charge is 0.227 e. The van der Waals surface area contributed by atoms with E-state index in [2.05, 4.69) is 0 Å². The summed E-state index contributed by atoms with van der Waals surface area (Å²) in [6.45, 7) is 5.10. The number of amides is 1. The van der Waals surface area contributed by atoms with E-state index in [0.717, 1.165) is 11.1 Å². The minimum absolute atomic E-state index is 0. The quantitative estimate of drug-likeness (QED) is 0.887. The first-order valence-corrected chi connectivity index (χ1v) is 8.86. The molecule has 0 bridgehead atoms. The average molecular weight is 375 g/mol. The first-order chi connectivity index (χ1) is 12.1. The average Bonchev–Trinajstić information content (AvgIpc) is 2.67. The lowest BCUT2D eigenvalue weighted by Crippen LogP contribution is -2.49. The normalized spacial score (nSPS) is 22.2. The minimum Gasteiger partial charge on any atom is -0.367 e. The molecule has 4 unspecified atom stereocenters. The van der Waals surface area contributed by atoms with Crippen molar-refractivity contribution in [2.45, 2.75) is 32.1 Å². The van der Waals surface area contributed by atoms with Gasteiger partial charge in [-0.3, -0.25) is 4.79 Å². The van der Waals surface area contributed by atoms with Crippen molar-refractivity contribution in [2.24, 2.45) is 11.7 Å². The van der Waals surface area contributed by atoms with Gasteiger partial charge >= 0.3 is 0 Å². The number of morpholine rings is 1. The SMILES string of the molecule is CC1CN(C(=O)C(C)C(N)c2ccccc2)CC(c2ccccc2)O1.Cl. The van der Waals surface area contributed by atoms with Crippen molar-refractivity contribution < 1.29 is 9.53 Å². The van der Waals surface area contributed by atoms with Crippen LogP contribution in [0.25, 0.3) is 0 Å². The molecule has 2 N–H and O–H groups in total. The van der Waals surface area contributed by atoms with Gasteiger partial charge in [0, 0.05) is 12.6 Å². The van der Waals surface area contributed by atoms with Crippen molar-refractivity contribution >= 4 is 18.3 Å². The molecule has 1 saturated heterocycles. The lowest BCUT2D eigenvalue weighted by atomic mass is 9.93. The Balaban J connectivity index is 0.00000243. The van der Waals surface area contributed by atoms with Crippen LogP contribution in [0.1, 0.15) is 37.1 Å². The lowest BCUT2D eigenvalue weighted by Gasteiger charge is -2.39. The van der Waals surface area contributed by atoms with E-state index in [-0.39, 0.29) is 42.5 Å². The van der Waals surface area contributed by atoms with E-state index in [9.17, 15) is 4.79 Å². The summed E-state index contributed by atoms with van der Waals surface area (Å²) in [5.74, 6) is -0.184. The fraction of sp³-hybridized carbons (Fsp3) is 0.381. The zero-order chi connectivity index (χ0) is 17.8. The number of nitrogens with two attached hydrogens (primary N) is 1. The second-order valence-corrected chi connectivity index (χ2v) is 6.81. The molecule has 0 aromatic heterocycles. The highest BCUT2D eigenvalue weighted by atomic mass is 35.5. The molecule has 1 aliphatic rings. The van der Waals surface area contributed by atoms with Gasteiger partial charge in [-0.1, -0.05) is 67.6 Å². The predicted octanol–water partition coefficient (Wildman–Crippen LogP) is 3.73. The van der Waals surface area contributed by atoms with Gasteiger partial charge in [0.25, 0.3) is 0 Å². The number of carbonyl (C=O) groups is 1. The van der Waals surface area contributed by atoms with E-state index in [0.29, 0.717) is 13.1 Å². The molecule has 2 aromatic carbocycles. The molecule has 3 rings (SSSR count). The summed E-state index contributed by atoms with van der Waals surface area (Å²) in [5.41, 5.74) is 8.44. The van der Waals surface area contributed by atoms with Crippen LogP contribution in [0.4, 0.5) is 0 Å². The minimum atomic E-state index is -0.304. The number of rotatable bonds is 4. The molecule has 0 radical (unpaired) electrons. The highest BCUT2D eigenvalue weighted by Crippen LogP contribution is 2.28. The van der Waals surface area contributed by atoms with Crippen LogP contribution in [0.5, 0.6) is 0 Å². The summed E-state index contributed by atoms with van der Waals surface area (Å²) in [6.07, 6.45) is -0.0860. The molecule has 4 atom stereocenters. The largest absolute Gasteiger partial charge is 0.367 e. The second kappa shape index (κ2) is 9.17. The second-order valence-electron chi connectivity index (χ2n) is 6.81. The topological polar surface area (TPSA) is 55.6 Å². The van der Waals surface area contributed by atoms with Gasteiger partial charge in [0.05, 0.1) is 18.6 Å². The molecule has 4 nitrogen and oxygen atoms in total. The van der Waals surface area contributed by atoms with Gasteiger partial charge in [-0.25, -0.2) is 0 Å². The summed E-state index contributed by atoms with van der Waals surface area (Å²) >= 11 is 0. The molecule has 0 saturated carbocycles. The Morgan fingerprint density at radius 3 is 2.27 bits per heavy atom. The Labute approximate surface area is 161 Å². The van der Waals surface area contributed by atoms with Gasteiger partial charge in [0.2, 0.25) is 5.91 Å². The van der Waals surface area contributed by atoms with Gasteiger partial charge in [-0.2, -0.15) is 0 Å². The van der Waals surface area contributed by atoms with Gasteiger partial charge in [-0.15, -0.1) is 12.4 Å².